The number of nitrogens with zero attached hydrogens (tertiary/aromatic N) is 2. The van der Waals surface area contributed by atoms with Crippen molar-refractivity contribution < 1.29 is 0 Å². The van der Waals surface area contributed by atoms with Gasteiger partial charge in [0.25, 0.3) is 0 Å². The highest BCUT2D eigenvalue weighted by Gasteiger charge is 2.25. The van der Waals surface area contributed by atoms with Crippen molar-refractivity contribution >= 4 is 11.8 Å². The SMILES string of the molecule is CCNCC1CCc2nc(C3CCCCS3)nc(C)c2C1. The Morgan fingerprint density at radius 1 is 1.24 bits per heavy atom. The zero-order valence-electron chi connectivity index (χ0n) is 13.3. The lowest BCUT2D eigenvalue weighted by Gasteiger charge is -2.27. The first-order valence-electron chi connectivity index (χ1n) is 8.46. The fourth-order valence-electron chi connectivity index (χ4n) is 3.49. The largest absolute Gasteiger partial charge is 0.317 e. The highest BCUT2D eigenvalue weighted by molar-refractivity contribution is 7.99. The van der Waals surface area contributed by atoms with Gasteiger partial charge in [0.1, 0.15) is 5.82 Å². The highest BCUT2D eigenvalue weighted by atomic mass is 32.2. The van der Waals surface area contributed by atoms with Crippen LogP contribution in [0, 0.1) is 12.8 Å². The van der Waals surface area contributed by atoms with Crippen LogP contribution >= 0.6 is 11.8 Å². The molecule has 2 atom stereocenters. The lowest BCUT2D eigenvalue weighted by atomic mass is 9.85. The molecule has 0 saturated carbocycles. The van der Waals surface area contributed by atoms with E-state index in [-0.39, 0.29) is 0 Å². The van der Waals surface area contributed by atoms with Crippen LogP contribution in [0.4, 0.5) is 0 Å². The second-order valence-corrected chi connectivity index (χ2v) is 7.67. The molecule has 116 valence electrons. The van der Waals surface area contributed by atoms with Crippen LogP contribution in [0.25, 0.3) is 0 Å². The molecule has 1 fully saturated rings. The minimum atomic E-state index is 0.544. The average molecular weight is 305 g/mol. The molecule has 21 heavy (non-hydrogen) atoms. The molecular weight excluding hydrogens is 278 g/mol. The normalized spacial score (nSPS) is 25.6. The molecule has 4 heteroatoms. The minimum Gasteiger partial charge on any atom is -0.317 e. The first-order valence-corrected chi connectivity index (χ1v) is 9.51. The van der Waals surface area contributed by atoms with Crippen LogP contribution in [0.2, 0.25) is 0 Å². The quantitative estimate of drug-likeness (QED) is 0.924. The smallest absolute Gasteiger partial charge is 0.141 e. The van der Waals surface area contributed by atoms with Gasteiger partial charge in [-0.1, -0.05) is 13.3 Å². The van der Waals surface area contributed by atoms with E-state index in [9.17, 15) is 0 Å². The Kier molecular flexibility index (Phi) is 5.17. The van der Waals surface area contributed by atoms with Gasteiger partial charge in [-0.05, 0) is 69.4 Å². The zero-order chi connectivity index (χ0) is 14.7. The summed E-state index contributed by atoms with van der Waals surface area (Å²) in [5.41, 5.74) is 4.02. The summed E-state index contributed by atoms with van der Waals surface area (Å²) in [6.07, 6.45) is 7.52. The predicted molar refractivity (Wildman–Crippen MR) is 89.9 cm³/mol. The summed E-state index contributed by atoms with van der Waals surface area (Å²) in [4.78, 5) is 9.83. The summed E-state index contributed by atoms with van der Waals surface area (Å²) in [5, 5.41) is 4.03. The van der Waals surface area contributed by atoms with Crippen LogP contribution in [0.5, 0.6) is 0 Å². The molecule has 1 aromatic heterocycles. The molecule has 0 aromatic carbocycles. The Labute approximate surface area is 132 Å². The lowest BCUT2D eigenvalue weighted by Crippen LogP contribution is -2.28. The molecule has 0 radical (unpaired) electrons. The van der Waals surface area contributed by atoms with Crippen molar-refractivity contribution in [2.24, 2.45) is 5.92 Å². The van der Waals surface area contributed by atoms with Crippen molar-refractivity contribution in [3.8, 4) is 0 Å². The number of rotatable bonds is 4. The summed E-state index contributed by atoms with van der Waals surface area (Å²) in [6, 6.07) is 0. The van der Waals surface area contributed by atoms with Crippen molar-refractivity contribution in [2.75, 3.05) is 18.8 Å². The van der Waals surface area contributed by atoms with Gasteiger partial charge in [-0.25, -0.2) is 9.97 Å². The number of thioether (sulfide) groups is 1. The van der Waals surface area contributed by atoms with Gasteiger partial charge in [-0.2, -0.15) is 11.8 Å². The lowest BCUT2D eigenvalue weighted by molar-refractivity contribution is 0.421. The fourth-order valence-corrected chi connectivity index (χ4v) is 4.74. The summed E-state index contributed by atoms with van der Waals surface area (Å²) >= 11 is 2.05. The number of fused-ring (bicyclic) bond motifs is 1. The van der Waals surface area contributed by atoms with Crippen LogP contribution in [0.3, 0.4) is 0 Å². The van der Waals surface area contributed by atoms with E-state index in [0.717, 1.165) is 37.7 Å². The van der Waals surface area contributed by atoms with E-state index >= 15 is 0 Å². The third kappa shape index (κ3) is 3.59. The highest BCUT2D eigenvalue weighted by Crippen LogP contribution is 2.37. The van der Waals surface area contributed by atoms with Gasteiger partial charge in [0.15, 0.2) is 0 Å². The van der Waals surface area contributed by atoms with E-state index in [1.54, 1.807) is 0 Å². The van der Waals surface area contributed by atoms with Gasteiger partial charge in [-0.15, -0.1) is 0 Å². The summed E-state index contributed by atoms with van der Waals surface area (Å²) in [7, 11) is 0. The van der Waals surface area contributed by atoms with Crippen LogP contribution in [0.1, 0.15) is 60.6 Å². The maximum atomic E-state index is 4.96. The Bertz CT molecular complexity index is 483. The molecule has 2 heterocycles. The van der Waals surface area contributed by atoms with Crippen LogP contribution in [-0.4, -0.2) is 28.8 Å². The van der Waals surface area contributed by atoms with Crippen LogP contribution in [0.15, 0.2) is 0 Å². The molecule has 1 aliphatic heterocycles. The third-order valence-corrected chi connectivity index (χ3v) is 6.12. The van der Waals surface area contributed by atoms with Crippen molar-refractivity contribution in [1.82, 2.24) is 15.3 Å². The van der Waals surface area contributed by atoms with Gasteiger partial charge in [0.2, 0.25) is 0 Å². The molecule has 1 aromatic rings. The van der Waals surface area contributed by atoms with Crippen molar-refractivity contribution in [1.29, 1.82) is 0 Å². The van der Waals surface area contributed by atoms with Crippen molar-refractivity contribution in [3.05, 3.63) is 22.8 Å². The van der Waals surface area contributed by atoms with E-state index in [1.807, 2.05) is 0 Å². The van der Waals surface area contributed by atoms with Crippen molar-refractivity contribution in [2.45, 2.75) is 57.6 Å². The molecule has 3 rings (SSSR count). The standard InChI is InChI=1S/C17H27N3S/c1-3-18-11-13-7-8-15-14(10-13)12(2)19-17(20-15)16-6-4-5-9-21-16/h13,16,18H,3-11H2,1-2H3. The first kappa shape index (κ1) is 15.3. The number of aromatic nitrogens is 2. The Morgan fingerprint density at radius 2 is 2.14 bits per heavy atom. The van der Waals surface area contributed by atoms with Crippen LogP contribution in [-0.2, 0) is 12.8 Å². The van der Waals surface area contributed by atoms with Gasteiger partial charge in [0, 0.05) is 11.4 Å². The first-order chi connectivity index (χ1) is 10.3. The number of nitrogens with one attached hydrogen (secondary N) is 1. The second-order valence-electron chi connectivity index (χ2n) is 6.36. The number of hydrogen-bond donors (Lipinski definition) is 1. The maximum absolute atomic E-state index is 4.96. The predicted octanol–water partition coefficient (Wildman–Crippen LogP) is 3.46. The molecular formula is C17H27N3S. The molecule has 1 N–H and O–H groups in total. The fraction of sp³-hybridized carbons (Fsp3) is 0.765. The van der Waals surface area contributed by atoms with Gasteiger partial charge in [0.05, 0.1) is 5.25 Å². The van der Waals surface area contributed by atoms with E-state index in [0.29, 0.717) is 5.25 Å². The van der Waals surface area contributed by atoms with Gasteiger partial charge in [-0.3, -0.25) is 0 Å². The van der Waals surface area contributed by atoms with Gasteiger partial charge < -0.3 is 5.32 Å². The van der Waals surface area contributed by atoms with E-state index in [2.05, 4.69) is 30.9 Å². The summed E-state index contributed by atoms with van der Waals surface area (Å²) in [6.45, 7) is 6.57. The Balaban J connectivity index is 1.76. The average Bonchev–Trinajstić information content (AvgIpc) is 2.54. The molecule has 1 saturated heterocycles. The van der Waals surface area contributed by atoms with E-state index in [4.69, 9.17) is 9.97 Å². The Morgan fingerprint density at radius 3 is 2.90 bits per heavy atom. The summed E-state index contributed by atoms with van der Waals surface area (Å²) in [5.74, 6) is 3.14. The second kappa shape index (κ2) is 7.10. The molecule has 0 amide bonds. The Hall–Kier alpha value is -0.610. The molecule has 2 aliphatic rings. The third-order valence-electron chi connectivity index (χ3n) is 4.75. The molecule has 0 spiro atoms. The monoisotopic (exact) mass is 305 g/mol. The number of aryl methyl sites for hydroxylation is 2. The van der Waals surface area contributed by atoms with Crippen molar-refractivity contribution in [3.63, 3.8) is 0 Å². The molecule has 3 nitrogen and oxygen atoms in total. The molecule has 2 unspecified atom stereocenters. The number of hydrogen-bond acceptors (Lipinski definition) is 4. The zero-order valence-corrected chi connectivity index (χ0v) is 14.1. The maximum Gasteiger partial charge on any atom is 0.141 e. The molecule has 0 bridgehead atoms. The topological polar surface area (TPSA) is 37.8 Å². The molecule has 1 aliphatic carbocycles. The van der Waals surface area contributed by atoms with Crippen LogP contribution < -0.4 is 5.32 Å². The minimum absolute atomic E-state index is 0.544. The summed E-state index contributed by atoms with van der Waals surface area (Å²) < 4.78 is 0. The van der Waals surface area contributed by atoms with E-state index < -0.39 is 0 Å². The van der Waals surface area contributed by atoms with Gasteiger partial charge >= 0.3 is 0 Å². The van der Waals surface area contributed by atoms with E-state index in [1.165, 1.54) is 48.4 Å².